The minimum atomic E-state index is -0.238. The van der Waals surface area contributed by atoms with Gasteiger partial charge in [-0.2, -0.15) is 5.10 Å². The van der Waals surface area contributed by atoms with Crippen molar-refractivity contribution in [3.05, 3.63) is 35.0 Å². The van der Waals surface area contributed by atoms with Crippen LogP contribution in [0.25, 0.3) is 0 Å². The predicted octanol–water partition coefficient (Wildman–Crippen LogP) is 1.27. The Morgan fingerprint density at radius 3 is 2.90 bits per heavy atom. The van der Waals surface area contributed by atoms with Crippen LogP contribution in [0.3, 0.4) is 0 Å². The Balaban J connectivity index is 1.94. The third-order valence-corrected chi connectivity index (χ3v) is 3.04. The molecule has 0 saturated heterocycles. The number of halogens is 1. The van der Waals surface area contributed by atoms with Gasteiger partial charge in [0, 0.05) is 32.8 Å². The topological polar surface area (TPSA) is 84.7 Å². The molecule has 2 rings (SSSR count). The highest BCUT2D eigenvalue weighted by atomic mass is 35.5. The fourth-order valence-electron chi connectivity index (χ4n) is 1.77. The molecule has 7 nitrogen and oxygen atoms in total. The van der Waals surface area contributed by atoms with Crippen LogP contribution < -0.4 is 10.6 Å². The summed E-state index contributed by atoms with van der Waals surface area (Å²) in [6.07, 6.45) is 3.66. The maximum Gasteiger partial charge on any atom is 0.253 e. The lowest BCUT2D eigenvalue weighted by Crippen LogP contribution is -2.26. The van der Waals surface area contributed by atoms with Crippen molar-refractivity contribution >= 4 is 23.3 Å². The lowest BCUT2D eigenvalue weighted by Gasteiger charge is -2.08. The first-order valence-electron chi connectivity index (χ1n) is 6.62. The summed E-state index contributed by atoms with van der Waals surface area (Å²) in [5.74, 6) is 1.07. The van der Waals surface area contributed by atoms with E-state index in [0.29, 0.717) is 35.2 Å². The number of rotatable bonds is 6. The fourth-order valence-corrected chi connectivity index (χ4v) is 1.96. The Kier molecular flexibility index (Phi) is 5.10. The van der Waals surface area contributed by atoms with Gasteiger partial charge in [0.1, 0.15) is 12.1 Å². The molecule has 0 aliphatic rings. The molecule has 2 aromatic heterocycles. The van der Waals surface area contributed by atoms with E-state index in [1.807, 2.05) is 6.92 Å². The van der Waals surface area contributed by atoms with E-state index >= 15 is 0 Å². The van der Waals surface area contributed by atoms with Crippen LogP contribution in [0.4, 0.5) is 5.82 Å². The van der Waals surface area contributed by atoms with E-state index in [0.717, 1.165) is 6.54 Å². The molecule has 2 N–H and O–H groups in total. The number of aryl methyl sites for hydroxylation is 1. The van der Waals surface area contributed by atoms with E-state index in [-0.39, 0.29) is 5.91 Å². The van der Waals surface area contributed by atoms with Crippen LogP contribution in [0.1, 0.15) is 23.1 Å². The molecule has 0 radical (unpaired) electrons. The van der Waals surface area contributed by atoms with Gasteiger partial charge in [0.05, 0.1) is 10.6 Å². The number of hydrogen-bond acceptors (Lipinski definition) is 5. The lowest BCUT2D eigenvalue weighted by molar-refractivity contribution is 0.0954. The molecule has 0 aliphatic carbocycles. The number of anilines is 1. The van der Waals surface area contributed by atoms with Crippen molar-refractivity contribution in [3.63, 3.8) is 0 Å². The lowest BCUT2D eigenvalue weighted by atomic mass is 10.2. The summed E-state index contributed by atoms with van der Waals surface area (Å²) >= 11 is 6.01. The molecule has 0 saturated carbocycles. The van der Waals surface area contributed by atoms with Gasteiger partial charge in [-0.25, -0.2) is 9.97 Å². The van der Waals surface area contributed by atoms with Crippen LogP contribution in [0.15, 0.2) is 18.6 Å². The smallest absolute Gasteiger partial charge is 0.253 e. The maximum atomic E-state index is 12.1. The molecule has 8 heteroatoms. The van der Waals surface area contributed by atoms with Gasteiger partial charge in [-0.05, 0) is 13.0 Å². The zero-order valence-corrected chi connectivity index (χ0v) is 12.7. The van der Waals surface area contributed by atoms with Crippen molar-refractivity contribution < 1.29 is 4.79 Å². The summed E-state index contributed by atoms with van der Waals surface area (Å²) in [6, 6.07) is 1.64. The quantitative estimate of drug-likeness (QED) is 0.839. The zero-order chi connectivity index (χ0) is 15.2. The molecule has 112 valence electrons. The highest BCUT2D eigenvalue weighted by molar-refractivity contribution is 6.33. The van der Waals surface area contributed by atoms with E-state index in [4.69, 9.17) is 11.6 Å². The van der Waals surface area contributed by atoms with Gasteiger partial charge in [-0.3, -0.25) is 9.48 Å². The number of nitrogens with zero attached hydrogens (tertiary/aromatic N) is 4. The first-order chi connectivity index (χ1) is 10.1. The highest BCUT2D eigenvalue weighted by Crippen LogP contribution is 2.17. The number of aromatic nitrogens is 4. The van der Waals surface area contributed by atoms with E-state index in [2.05, 4.69) is 25.7 Å². The molecule has 0 fully saturated rings. The van der Waals surface area contributed by atoms with Gasteiger partial charge < -0.3 is 10.6 Å². The van der Waals surface area contributed by atoms with Gasteiger partial charge in [-0.1, -0.05) is 11.6 Å². The summed E-state index contributed by atoms with van der Waals surface area (Å²) in [5.41, 5.74) is 0.400. The van der Waals surface area contributed by atoms with Crippen molar-refractivity contribution in [2.75, 3.05) is 18.4 Å². The van der Waals surface area contributed by atoms with Crippen LogP contribution in [0.5, 0.6) is 0 Å². The van der Waals surface area contributed by atoms with E-state index in [9.17, 15) is 4.79 Å². The second kappa shape index (κ2) is 7.03. The van der Waals surface area contributed by atoms with Crippen molar-refractivity contribution in [2.24, 2.45) is 7.05 Å². The minimum absolute atomic E-state index is 0.238. The summed E-state index contributed by atoms with van der Waals surface area (Å²) in [6.45, 7) is 3.12. The van der Waals surface area contributed by atoms with E-state index in [1.165, 1.54) is 6.20 Å². The number of carbonyl (C=O) groups is 1. The normalized spacial score (nSPS) is 10.4. The predicted molar refractivity (Wildman–Crippen MR) is 80.5 cm³/mol. The molecule has 0 bridgehead atoms. The SMILES string of the molecule is CCNc1cc(C(=O)NCCc2ncn(C)n2)c(Cl)cn1. The van der Waals surface area contributed by atoms with Gasteiger partial charge in [0.2, 0.25) is 0 Å². The van der Waals surface area contributed by atoms with Crippen molar-refractivity contribution in [1.29, 1.82) is 0 Å². The Morgan fingerprint density at radius 2 is 2.24 bits per heavy atom. The van der Waals surface area contributed by atoms with Crippen molar-refractivity contribution in [3.8, 4) is 0 Å². The number of pyridine rings is 1. The van der Waals surface area contributed by atoms with E-state index < -0.39 is 0 Å². The summed E-state index contributed by atoms with van der Waals surface area (Å²) < 4.78 is 1.62. The molecule has 2 aromatic rings. The zero-order valence-electron chi connectivity index (χ0n) is 11.9. The number of carbonyl (C=O) groups excluding carboxylic acids is 1. The summed E-state index contributed by atoms with van der Waals surface area (Å²) in [7, 11) is 1.80. The Morgan fingerprint density at radius 1 is 1.43 bits per heavy atom. The molecule has 1 amide bonds. The number of hydrogen-bond donors (Lipinski definition) is 2. The third-order valence-electron chi connectivity index (χ3n) is 2.74. The molecular formula is C13H17ClN6O. The molecule has 0 spiro atoms. The molecule has 0 aromatic carbocycles. The Bertz CT molecular complexity index is 627. The van der Waals surface area contributed by atoms with Gasteiger partial charge in [-0.15, -0.1) is 0 Å². The fraction of sp³-hybridized carbons (Fsp3) is 0.385. The van der Waals surface area contributed by atoms with Crippen LogP contribution in [0, 0.1) is 0 Å². The van der Waals surface area contributed by atoms with Gasteiger partial charge >= 0.3 is 0 Å². The van der Waals surface area contributed by atoms with Crippen molar-refractivity contribution in [1.82, 2.24) is 25.1 Å². The summed E-state index contributed by atoms with van der Waals surface area (Å²) in [5, 5.41) is 10.3. The summed E-state index contributed by atoms with van der Waals surface area (Å²) in [4.78, 5) is 20.3. The second-order valence-corrected chi connectivity index (χ2v) is 4.83. The molecule has 21 heavy (non-hydrogen) atoms. The molecule has 2 heterocycles. The first-order valence-corrected chi connectivity index (χ1v) is 7.00. The van der Waals surface area contributed by atoms with Gasteiger partial charge in [0.15, 0.2) is 5.82 Å². The minimum Gasteiger partial charge on any atom is -0.370 e. The largest absolute Gasteiger partial charge is 0.370 e. The highest BCUT2D eigenvalue weighted by Gasteiger charge is 2.12. The molecular weight excluding hydrogens is 292 g/mol. The first kappa shape index (κ1) is 15.2. The van der Waals surface area contributed by atoms with Crippen LogP contribution >= 0.6 is 11.6 Å². The van der Waals surface area contributed by atoms with Crippen LogP contribution in [-0.4, -0.2) is 38.7 Å². The van der Waals surface area contributed by atoms with E-state index in [1.54, 1.807) is 24.1 Å². The Labute approximate surface area is 127 Å². The van der Waals surface area contributed by atoms with Crippen LogP contribution in [0.2, 0.25) is 5.02 Å². The average Bonchev–Trinajstić information content (AvgIpc) is 2.87. The monoisotopic (exact) mass is 308 g/mol. The molecule has 0 unspecified atom stereocenters. The number of nitrogens with one attached hydrogen (secondary N) is 2. The standard InChI is InChI=1S/C13H17ClN6O/c1-3-15-12-6-9(10(14)7-17-12)13(21)16-5-4-11-18-8-20(2)19-11/h6-8H,3-5H2,1-2H3,(H,15,17)(H,16,21). The second-order valence-electron chi connectivity index (χ2n) is 4.42. The number of amides is 1. The molecule has 0 atom stereocenters. The Hall–Kier alpha value is -2.15. The van der Waals surface area contributed by atoms with Gasteiger partial charge in [0.25, 0.3) is 5.91 Å². The van der Waals surface area contributed by atoms with Crippen LogP contribution in [-0.2, 0) is 13.5 Å². The maximum absolute atomic E-state index is 12.1. The average molecular weight is 309 g/mol. The third kappa shape index (κ3) is 4.16. The van der Waals surface area contributed by atoms with Crippen molar-refractivity contribution in [2.45, 2.75) is 13.3 Å². The molecule has 0 aliphatic heterocycles.